The van der Waals surface area contributed by atoms with Crippen molar-refractivity contribution < 1.29 is 4.74 Å². The highest BCUT2D eigenvalue weighted by atomic mass is 16.5. The predicted octanol–water partition coefficient (Wildman–Crippen LogP) is 1.90. The Morgan fingerprint density at radius 1 is 1.25 bits per heavy atom. The van der Waals surface area contributed by atoms with Crippen molar-refractivity contribution in [2.45, 2.75) is 45.3 Å². The Kier molecular flexibility index (Phi) is 1.92. The highest BCUT2D eigenvalue weighted by Gasteiger charge is 2.42. The van der Waals surface area contributed by atoms with Gasteiger partial charge in [0, 0.05) is 6.54 Å². The second-order valence-electron chi connectivity index (χ2n) is 4.96. The zero-order chi connectivity index (χ0) is 8.66. The maximum atomic E-state index is 5.81. The molecule has 0 bridgehead atoms. The van der Waals surface area contributed by atoms with E-state index in [4.69, 9.17) is 4.74 Å². The lowest BCUT2D eigenvalue weighted by atomic mass is 9.73. The zero-order valence-corrected chi connectivity index (χ0v) is 8.15. The highest BCUT2D eigenvalue weighted by Crippen LogP contribution is 2.42. The lowest BCUT2D eigenvalue weighted by molar-refractivity contribution is -0.0718. The van der Waals surface area contributed by atoms with Gasteiger partial charge in [0.15, 0.2) is 0 Å². The van der Waals surface area contributed by atoms with Gasteiger partial charge in [-0.1, -0.05) is 13.8 Å². The highest BCUT2D eigenvalue weighted by molar-refractivity contribution is 4.92. The van der Waals surface area contributed by atoms with Crippen LogP contribution in [0.15, 0.2) is 0 Å². The third kappa shape index (κ3) is 1.50. The molecule has 1 saturated heterocycles. The van der Waals surface area contributed by atoms with Crippen LogP contribution in [0.3, 0.4) is 0 Å². The fraction of sp³-hybridized carbons (Fsp3) is 1.00. The first-order valence-electron chi connectivity index (χ1n) is 5.01. The molecule has 0 radical (unpaired) electrons. The Balaban J connectivity index is 2.07. The molecule has 1 saturated carbocycles. The van der Waals surface area contributed by atoms with E-state index < -0.39 is 0 Å². The van der Waals surface area contributed by atoms with E-state index in [1.165, 1.54) is 25.7 Å². The Bertz CT molecular complexity index is 171. The quantitative estimate of drug-likeness (QED) is 0.598. The molecular formula is C10H19NO. The fourth-order valence-electron chi connectivity index (χ4n) is 2.65. The standard InChI is InChI=1S/C10H19NO/c1-9(2)4-3-5-10(8-9)11-6-7-12-10/h11H,3-8H2,1-2H3. The number of hydrogen-bond acceptors (Lipinski definition) is 2. The van der Waals surface area contributed by atoms with Crippen LogP contribution in [-0.4, -0.2) is 18.9 Å². The van der Waals surface area contributed by atoms with Crippen molar-refractivity contribution in [3.63, 3.8) is 0 Å². The van der Waals surface area contributed by atoms with Crippen LogP contribution in [-0.2, 0) is 4.74 Å². The maximum Gasteiger partial charge on any atom is 0.119 e. The van der Waals surface area contributed by atoms with Gasteiger partial charge in [-0.25, -0.2) is 0 Å². The number of ether oxygens (including phenoxy) is 1. The summed E-state index contributed by atoms with van der Waals surface area (Å²) in [4.78, 5) is 0. The van der Waals surface area contributed by atoms with Crippen molar-refractivity contribution in [3.8, 4) is 0 Å². The molecule has 2 heteroatoms. The van der Waals surface area contributed by atoms with E-state index in [1.807, 2.05) is 0 Å². The molecular weight excluding hydrogens is 150 g/mol. The lowest BCUT2D eigenvalue weighted by Crippen LogP contribution is -2.47. The first kappa shape index (κ1) is 8.52. The number of rotatable bonds is 0. The molecule has 2 fully saturated rings. The topological polar surface area (TPSA) is 21.3 Å². The molecule has 70 valence electrons. The monoisotopic (exact) mass is 169 g/mol. The first-order chi connectivity index (χ1) is 5.62. The summed E-state index contributed by atoms with van der Waals surface area (Å²) in [5, 5.41) is 3.51. The largest absolute Gasteiger partial charge is 0.359 e. The smallest absolute Gasteiger partial charge is 0.119 e. The molecule has 0 aromatic carbocycles. The van der Waals surface area contributed by atoms with Crippen molar-refractivity contribution in [2.24, 2.45) is 5.41 Å². The summed E-state index contributed by atoms with van der Waals surface area (Å²) in [6, 6.07) is 0. The van der Waals surface area contributed by atoms with Crippen molar-refractivity contribution in [2.75, 3.05) is 13.2 Å². The van der Waals surface area contributed by atoms with Crippen molar-refractivity contribution in [3.05, 3.63) is 0 Å². The number of hydrogen-bond donors (Lipinski definition) is 1. The Labute approximate surface area is 74.7 Å². The van der Waals surface area contributed by atoms with Crippen molar-refractivity contribution in [1.82, 2.24) is 5.32 Å². The van der Waals surface area contributed by atoms with Gasteiger partial charge in [-0.2, -0.15) is 0 Å². The van der Waals surface area contributed by atoms with Gasteiger partial charge in [0.1, 0.15) is 5.72 Å². The summed E-state index contributed by atoms with van der Waals surface area (Å²) in [5.74, 6) is 0. The third-order valence-electron chi connectivity index (χ3n) is 3.13. The summed E-state index contributed by atoms with van der Waals surface area (Å²) >= 11 is 0. The number of nitrogens with one attached hydrogen (secondary N) is 1. The zero-order valence-electron chi connectivity index (χ0n) is 8.15. The average Bonchev–Trinajstić information content (AvgIpc) is 2.34. The van der Waals surface area contributed by atoms with E-state index in [2.05, 4.69) is 19.2 Å². The van der Waals surface area contributed by atoms with Crippen LogP contribution in [0.1, 0.15) is 39.5 Å². The van der Waals surface area contributed by atoms with Gasteiger partial charge in [0.2, 0.25) is 0 Å². The Hall–Kier alpha value is -0.0800. The minimum atomic E-state index is 0.0573. The molecule has 0 aromatic rings. The molecule has 1 heterocycles. The van der Waals surface area contributed by atoms with Crippen LogP contribution in [0.5, 0.6) is 0 Å². The van der Waals surface area contributed by atoms with E-state index in [9.17, 15) is 0 Å². The molecule has 2 rings (SSSR count). The van der Waals surface area contributed by atoms with Crippen LogP contribution < -0.4 is 5.32 Å². The Morgan fingerprint density at radius 2 is 2.08 bits per heavy atom. The molecule has 1 spiro atoms. The van der Waals surface area contributed by atoms with Crippen LogP contribution >= 0.6 is 0 Å². The SMILES string of the molecule is CC1(C)CCCC2(C1)NCCO2. The van der Waals surface area contributed by atoms with Crippen LogP contribution in [0, 0.1) is 5.41 Å². The summed E-state index contributed by atoms with van der Waals surface area (Å²) in [5.41, 5.74) is 0.525. The summed E-state index contributed by atoms with van der Waals surface area (Å²) in [6.07, 6.45) is 5.04. The van der Waals surface area contributed by atoms with Gasteiger partial charge in [0.05, 0.1) is 6.61 Å². The normalized spacial score (nSPS) is 40.5. The minimum Gasteiger partial charge on any atom is -0.359 e. The van der Waals surface area contributed by atoms with Gasteiger partial charge < -0.3 is 4.74 Å². The molecule has 0 amide bonds. The average molecular weight is 169 g/mol. The molecule has 1 aliphatic carbocycles. The van der Waals surface area contributed by atoms with Gasteiger partial charge >= 0.3 is 0 Å². The van der Waals surface area contributed by atoms with E-state index in [0.29, 0.717) is 5.41 Å². The van der Waals surface area contributed by atoms with Gasteiger partial charge in [-0.3, -0.25) is 5.32 Å². The lowest BCUT2D eigenvalue weighted by Gasteiger charge is -2.41. The van der Waals surface area contributed by atoms with E-state index in [-0.39, 0.29) is 5.72 Å². The molecule has 1 aliphatic heterocycles. The van der Waals surface area contributed by atoms with Gasteiger partial charge in [0.25, 0.3) is 0 Å². The van der Waals surface area contributed by atoms with Gasteiger partial charge in [-0.05, 0) is 31.1 Å². The maximum absolute atomic E-state index is 5.81. The fourth-order valence-corrected chi connectivity index (χ4v) is 2.65. The van der Waals surface area contributed by atoms with E-state index >= 15 is 0 Å². The summed E-state index contributed by atoms with van der Waals surface area (Å²) < 4.78 is 5.81. The van der Waals surface area contributed by atoms with Crippen molar-refractivity contribution >= 4 is 0 Å². The summed E-state index contributed by atoms with van der Waals surface area (Å²) in [7, 11) is 0. The second-order valence-corrected chi connectivity index (χ2v) is 4.96. The minimum absolute atomic E-state index is 0.0573. The Morgan fingerprint density at radius 3 is 2.67 bits per heavy atom. The van der Waals surface area contributed by atoms with Gasteiger partial charge in [-0.15, -0.1) is 0 Å². The predicted molar refractivity (Wildman–Crippen MR) is 48.9 cm³/mol. The third-order valence-corrected chi connectivity index (χ3v) is 3.13. The van der Waals surface area contributed by atoms with Crippen molar-refractivity contribution in [1.29, 1.82) is 0 Å². The van der Waals surface area contributed by atoms with E-state index in [0.717, 1.165) is 13.2 Å². The van der Waals surface area contributed by atoms with E-state index in [1.54, 1.807) is 0 Å². The first-order valence-corrected chi connectivity index (χ1v) is 5.01. The molecule has 0 aromatic heterocycles. The molecule has 1 unspecified atom stereocenters. The van der Waals surface area contributed by atoms with Crippen LogP contribution in [0.25, 0.3) is 0 Å². The second kappa shape index (κ2) is 2.71. The molecule has 2 nitrogen and oxygen atoms in total. The summed E-state index contributed by atoms with van der Waals surface area (Å²) in [6.45, 7) is 6.63. The molecule has 2 aliphatic rings. The molecule has 1 N–H and O–H groups in total. The van der Waals surface area contributed by atoms with Crippen LogP contribution in [0.4, 0.5) is 0 Å². The molecule has 1 atom stereocenters. The van der Waals surface area contributed by atoms with Crippen LogP contribution in [0.2, 0.25) is 0 Å². The molecule has 12 heavy (non-hydrogen) atoms.